The first-order chi connectivity index (χ1) is 16.4. The number of phenolic OH excluding ortho intramolecular Hbond substituents is 2. The zero-order valence-corrected chi connectivity index (χ0v) is 17.9. The number of carbonyl (C=O) groups is 2. The van der Waals surface area contributed by atoms with Crippen LogP contribution in [0.15, 0.2) is 65.7 Å². The third-order valence-electron chi connectivity index (χ3n) is 4.86. The Morgan fingerprint density at radius 1 is 1.12 bits per heavy atom. The number of nitrogens with zero attached hydrogens (tertiary/aromatic N) is 1. The third-order valence-corrected chi connectivity index (χ3v) is 4.86. The summed E-state index contributed by atoms with van der Waals surface area (Å²) in [6.07, 6.45) is 2.12. The first-order valence-corrected chi connectivity index (χ1v) is 10.2. The predicted molar refractivity (Wildman–Crippen MR) is 123 cm³/mol. The van der Waals surface area contributed by atoms with Gasteiger partial charge in [0.15, 0.2) is 16.9 Å². The molecule has 0 aliphatic heterocycles. The van der Waals surface area contributed by atoms with E-state index in [-0.39, 0.29) is 40.2 Å². The lowest BCUT2D eigenvalue weighted by atomic mass is 10.1. The summed E-state index contributed by atoms with van der Waals surface area (Å²) in [6.45, 7) is 1.76. The molecule has 0 bridgehead atoms. The normalized spacial score (nSPS) is 10.6. The molecule has 2 heterocycles. The summed E-state index contributed by atoms with van der Waals surface area (Å²) in [5, 5.41) is 22.8. The number of anilines is 1. The Morgan fingerprint density at radius 2 is 1.94 bits per heavy atom. The maximum atomic E-state index is 12.6. The smallest absolute Gasteiger partial charge is 0.411 e. The lowest BCUT2D eigenvalue weighted by Crippen LogP contribution is -2.15. The molecule has 0 radical (unpaired) electrons. The van der Waals surface area contributed by atoms with E-state index in [0.717, 1.165) is 0 Å². The van der Waals surface area contributed by atoms with Crippen molar-refractivity contribution in [1.82, 2.24) is 9.97 Å². The number of phenols is 2. The number of rotatable bonds is 5. The number of esters is 1. The van der Waals surface area contributed by atoms with Gasteiger partial charge in [-0.15, -0.1) is 0 Å². The molecule has 0 aliphatic rings. The van der Waals surface area contributed by atoms with E-state index >= 15 is 0 Å². The minimum atomic E-state index is -0.761. The van der Waals surface area contributed by atoms with E-state index in [0.29, 0.717) is 5.56 Å². The summed E-state index contributed by atoms with van der Waals surface area (Å²) >= 11 is 0. The number of aromatic amines is 1. The summed E-state index contributed by atoms with van der Waals surface area (Å²) in [5.74, 6) is -1.42. The molecule has 2 aromatic heterocycles. The van der Waals surface area contributed by atoms with Crippen LogP contribution in [-0.2, 0) is 4.74 Å². The Hall–Kier alpha value is -4.86. The van der Waals surface area contributed by atoms with E-state index < -0.39 is 29.0 Å². The highest BCUT2D eigenvalue weighted by Crippen LogP contribution is 2.35. The van der Waals surface area contributed by atoms with Crippen molar-refractivity contribution in [2.45, 2.75) is 6.92 Å². The molecule has 0 saturated carbocycles. The van der Waals surface area contributed by atoms with Crippen LogP contribution >= 0.6 is 0 Å². The summed E-state index contributed by atoms with van der Waals surface area (Å²) in [7, 11) is 0. The molecule has 0 aliphatic carbocycles. The molecule has 0 spiro atoms. The number of hydrogen-bond donors (Lipinski definition) is 4. The SMILES string of the molecule is CCOC(=O)Nc1cc(OC(=O)c2cccnc2)ccc1-c1cc(=O)c2ccc(O)c(O)c2[nH]1. The molecule has 10 nitrogen and oxygen atoms in total. The van der Waals surface area contributed by atoms with Crippen LogP contribution in [0.1, 0.15) is 17.3 Å². The van der Waals surface area contributed by atoms with E-state index in [2.05, 4.69) is 15.3 Å². The molecule has 34 heavy (non-hydrogen) atoms. The van der Waals surface area contributed by atoms with Crippen LogP contribution in [0.4, 0.5) is 10.5 Å². The Balaban J connectivity index is 1.78. The van der Waals surface area contributed by atoms with Gasteiger partial charge in [-0.05, 0) is 43.3 Å². The predicted octanol–water partition coefficient (Wildman–Crippen LogP) is 3.79. The summed E-state index contributed by atoms with van der Waals surface area (Å²) in [5.41, 5.74) is 0.585. The second-order valence-corrected chi connectivity index (χ2v) is 7.09. The van der Waals surface area contributed by atoms with Crippen molar-refractivity contribution in [3.8, 4) is 28.5 Å². The molecule has 4 N–H and O–H groups in total. The van der Waals surface area contributed by atoms with E-state index in [1.807, 2.05) is 0 Å². The van der Waals surface area contributed by atoms with Gasteiger partial charge in [-0.25, -0.2) is 9.59 Å². The Kier molecular flexibility index (Phi) is 6.13. The number of fused-ring (bicyclic) bond motifs is 1. The van der Waals surface area contributed by atoms with Crippen LogP contribution in [0.5, 0.6) is 17.2 Å². The fourth-order valence-electron chi connectivity index (χ4n) is 3.29. The molecule has 172 valence electrons. The largest absolute Gasteiger partial charge is 0.504 e. The van der Waals surface area contributed by atoms with Crippen LogP contribution < -0.4 is 15.5 Å². The lowest BCUT2D eigenvalue weighted by molar-refractivity contribution is 0.0734. The molecule has 10 heteroatoms. The second kappa shape index (κ2) is 9.33. The molecule has 2 aromatic carbocycles. The zero-order valence-electron chi connectivity index (χ0n) is 17.9. The van der Waals surface area contributed by atoms with Gasteiger partial charge in [0.1, 0.15) is 5.75 Å². The van der Waals surface area contributed by atoms with Crippen LogP contribution in [0, 0.1) is 0 Å². The number of ether oxygens (including phenoxy) is 2. The van der Waals surface area contributed by atoms with Gasteiger partial charge in [-0.3, -0.25) is 15.1 Å². The standard InChI is InChI=1S/C24H19N3O7/c1-2-33-24(32)27-17-10-14(34-23(31)13-4-3-9-25-12-13)5-6-15(17)18-11-20(29)16-7-8-19(28)22(30)21(16)26-18/h3-12,28,30H,2H2,1H3,(H,26,29)(H,27,32). The molecule has 4 aromatic rings. The highest BCUT2D eigenvalue weighted by molar-refractivity contribution is 5.95. The van der Waals surface area contributed by atoms with E-state index in [1.54, 1.807) is 19.1 Å². The number of hydrogen-bond acceptors (Lipinski definition) is 8. The maximum Gasteiger partial charge on any atom is 0.411 e. The highest BCUT2D eigenvalue weighted by atomic mass is 16.5. The molecule has 0 saturated heterocycles. The maximum absolute atomic E-state index is 12.6. The molecule has 0 fully saturated rings. The summed E-state index contributed by atoms with van der Waals surface area (Å²) in [6, 6.07) is 11.4. The number of H-pyrrole nitrogens is 1. The zero-order chi connectivity index (χ0) is 24.2. The van der Waals surface area contributed by atoms with E-state index in [1.165, 1.54) is 48.8 Å². The second-order valence-electron chi connectivity index (χ2n) is 7.09. The van der Waals surface area contributed by atoms with Gasteiger partial charge < -0.3 is 24.7 Å². The van der Waals surface area contributed by atoms with E-state index in [9.17, 15) is 24.6 Å². The van der Waals surface area contributed by atoms with Crippen LogP contribution in [0.2, 0.25) is 0 Å². The average molecular weight is 461 g/mol. The van der Waals surface area contributed by atoms with Crippen molar-refractivity contribution in [2.75, 3.05) is 11.9 Å². The monoisotopic (exact) mass is 461 g/mol. The Bertz CT molecular complexity index is 1450. The minimum absolute atomic E-state index is 0.0247. The Morgan fingerprint density at radius 3 is 2.68 bits per heavy atom. The molecular weight excluding hydrogens is 442 g/mol. The first-order valence-electron chi connectivity index (χ1n) is 10.2. The van der Waals surface area contributed by atoms with Gasteiger partial charge >= 0.3 is 12.1 Å². The number of amides is 1. The van der Waals surface area contributed by atoms with Gasteiger partial charge in [-0.1, -0.05) is 0 Å². The van der Waals surface area contributed by atoms with Crippen molar-refractivity contribution < 1.29 is 29.3 Å². The van der Waals surface area contributed by atoms with Gasteiger partial charge in [0.25, 0.3) is 0 Å². The first kappa shape index (κ1) is 22.3. The summed E-state index contributed by atoms with van der Waals surface area (Å²) in [4.78, 5) is 44.0. The average Bonchev–Trinajstić information content (AvgIpc) is 2.82. The minimum Gasteiger partial charge on any atom is -0.504 e. The van der Waals surface area contributed by atoms with Crippen molar-refractivity contribution in [1.29, 1.82) is 0 Å². The van der Waals surface area contributed by atoms with Crippen molar-refractivity contribution in [3.05, 3.63) is 76.7 Å². The fourth-order valence-corrected chi connectivity index (χ4v) is 3.29. The fraction of sp³-hybridized carbons (Fsp3) is 0.0833. The number of carbonyl (C=O) groups excluding carboxylic acids is 2. The Labute approximate surface area is 192 Å². The van der Waals surface area contributed by atoms with Gasteiger partial charge in [0, 0.05) is 35.5 Å². The molecule has 0 atom stereocenters. The topological polar surface area (TPSA) is 151 Å². The number of aromatic nitrogens is 2. The van der Waals surface area contributed by atoms with Crippen LogP contribution in [-0.4, -0.2) is 38.9 Å². The third kappa shape index (κ3) is 4.51. The van der Waals surface area contributed by atoms with Gasteiger partial charge in [0.2, 0.25) is 0 Å². The molecule has 4 rings (SSSR count). The quantitative estimate of drug-likeness (QED) is 0.199. The molecular formula is C24H19N3O7. The number of aromatic hydroxyl groups is 2. The van der Waals surface area contributed by atoms with Crippen LogP contribution in [0.3, 0.4) is 0 Å². The van der Waals surface area contributed by atoms with Crippen molar-refractivity contribution in [2.24, 2.45) is 0 Å². The lowest BCUT2D eigenvalue weighted by Gasteiger charge is -2.14. The van der Waals surface area contributed by atoms with Crippen molar-refractivity contribution >= 4 is 28.7 Å². The number of nitrogens with one attached hydrogen (secondary N) is 2. The van der Waals surface area contributed by atoms with Gasteiger partial charge in [-0.2, -0.15) is 0 Å². The van der Waals surface area contributed by atoms with E-state index in [4.69, 9.17) is 9.47 Å². The molecule has 1 amide bonds. The molecule has 0 unspecified atom stereocenters. The van der Waals surface area contributed by atoms with Crippen molar-refractivity contribution in [3.63, 3.8) is 0 Å². The highest BCUT2D eigenvalue weighted by Gasteiger charge is 2.17. The summed E-state index contributed by atoms with van der Waals surface area (Å²) < 4.78 is 10.3. The van der Waals surface area contributed by atoms with Crippen LogP contribution in [0.25, 0.3) is 22.2 Å². The van der Waals surface area contributed by atoms with Gasteiger partial charge in [0.05, 0.1) is 29.1 Å². The number of pyridine rings is 2. The number of benzene rings is 2.